The van der Waals surface area contributed by atoms with Gasteiger partial charge in [-0.2, -0.15) is 10.2 Å². The molecule has 1 saturated heterocycles. The van der Waals surface area contributed by atoms with Gasteiger partial charge in [0, 0.05) is 37.6 Å². The number of nitrogens with zero attached hydrogens (tertiary/aromatic N) is 6. The smallest absolute Gasteiger partial charge is 0.229 e. The van der Waals surface area contributed by atoms with Crippen LogP contribution >= 0.6 is 0 Å². The fourth-order valence-corrected chi connectivity index (χ4v) is 3.24. The van der Waals surface area contributed by atoms with Crippen LogP contribution in [0.15, 0.2) is 48.7 Å². The number of nitriles is 1. The second-order valence-corrected chi connectivity index (χ2v) is 7.11. The first-order chi connectivity index (χ1) is 14.6. The Morgan fingerprint density at radius 1 is 1.03 bits per heavy atom. The Hall–Kier alpha value is -3.90. The molecule has 0 amide bonds. The fraction of sp³-hybridized carbons (Fsp3) is 0.238. The molecule has 1 aliphatic rings. The molecule has 0 radical (unpaired) electrons. The summed E-state index contributed by atoms with van der Waals surface area (Å²) < 4.78 is 0. The minimum atomic E-state index is 0.316. The number of anilines is 6. The van der Waals surface area contributed by atoms with Gasteiger partial charge in [-0.05, 0) is 37.4 Å². The van der Waals surface area contributed by atoms with Gasteiger partial charge in [-0.25, -0.2) is 9.97 Å². The Labute approximate surface area is 175 Å². The molecule has 30 heavy (non-hydrogen) atoms. The van der Waals surface area contributed by atoms with Crippen LogP contribution in [0.4, 0.5) is 34.8 Å². The highest BCUT2D eigenvalue weighted by Gasteiger charge is 2.15. The molecular weight excluding hydrogens is 378 g/mol. The second-order valence-electron chi connectivity index (χ2n) is 7.11. The number of nitrogens with one attached hydrogen (secondary N) is 2. The zero-order valence-corrected chi connectivity index (χ0v) is 16.7. The van der Waals surface area contributed by atoms with Crippen molar-refractivity contribution in [1.29, 1.82) is 5.26 Å². The molecule has 152 valence electrons. The lowest BCUT2D eigenvalue weighted by atomic mass is 10.2. The molecule has 9 nitrogen and oxygen atoms in total. The molecule has 3 aromatic rings. The molecular formula is C21H23N9. The summed E-state index contributed by atoms with van der Waals surface area (Å²) in [5.74, 6) is 1.64. The first kappa shape index (κ1) is 19.4. The molecule has 0 unspecified atom stereocenters. The average molecular weight is 401 g/mol. The number of rotatable bonds is 5. The third-order valence-electron chi connectivity index (χ3n) is 4.90. The minimum absolute atomic E-state index is 0.316. The summed E-state index contributed by atoms with van der Waals surface area (Å²) in [6.45, 7) is 4.08. The maximum Gasteiger partial charge on any atom is 0.229 e. The van der Waals surface area contributed by atoms with Gasteiger partial charge in [-0.3, -0.25) is 0 Å². The summed E-state index contributed by atoms with van der Waals surface area (Å²) in [5, 5.41) is 15.7. The third-order valence-corrected chi connectivity index (χ3v) is 4.90. The Balaban J connectivity index is 1.53. The number of nitrogen functional groups attached to an aromatic ring is 1. The topological polar surface area (TPSA) is 119 Å². The SMILES string of the molecule is CN1CCN(c2cccc(Nc3ncc(C#N)c(Nc4cccc(N)n4)n3)c2)CC1. The van der Waals surface area contributed by atoms with E-state index in [1.807, 2.05) is 12.1 Å². The van der Waals surface area contributed by atoms with Crippen LogP contribution < -0.4 is 21.3 Å². The van der Waals surface area contributed by atoms with Gasteiger partial charge in [0.05, 0.1) is 6.20 Å². The monoisotopic (exact) mass is 401 g/mol. The van der Waals surface area contributed by atoms with Crippen LogP contribution in [0.1, 0.15) is 5.56 Å². The van der Waals surface area contributed by atoms with Gasteiger partial charge in [0.1, 0.15) is 23.3 Å². The quantitative estimate of drug-likeness (QED) is 0.592. The Morgan fingerprint density at radius 2 is 1.83 bits per heavy atom. The van der Waals surface area contributed by atoms with Crippen molar-refractivity contribution < 1.29 is 0 Å². The lowest BCUT2D eigenvalue weighted by Gasteiger charge is -2.34. The molecule has 1 fully saturated rings. The van der Waals surface area contributed by atoms with Crippen LogP contribution in [0.25, 0.3) is 0 Å². The van der Waals surface area contributed by atoms with E-state index in [-0.39, 0.29) is 0 Å². The number of nitrogens with two attached hydrogens (primary N) is 1. The number of piperazine rings is 1. The van der Waals surface area contributed by atoms with Crippen LogP contribution in [-0.4, -0.2) is 53.1 Å². The van der Waals surface area contributed by atoms with Crippen LogP contribution in [0.3, 0.4) is 0 Å². The molecule has 1 aromatic carbocycles. The number of likely N-dealkylation sites (N-methyl/N-ethyl adjacent to an activating group) is 1. The van der Waals surface area contributed by atoms with Crippen molar-refractivity contribution in [2.75, 3.05) is 54.5 Å². The van der Waals surface area contributed by atoms with Gasteiger partial charge >= 0.3 is 0 Å². The van der Waals surface area contributed by atoms with E-state index in [0.717, 1.165) is 37.6 Å². The molecule has 0 saturated carbocycles. The summed E-state index contributed by atoms with van der Waals surface area (Å²) in [6.07, 6.45) is 1.48. The molecule has 4 N–H and O–H groups in total. The Kier molecular flexibility index (Phi) is 5.59. The normalized spacial score (nSPS) is 14.2. The van der Waals surface area contributed by atoms with Gasteiger partial charge in [-0.15, -0.1) is 0 Å². The fourth-order valence-electron chi connectivity index (χ4n) is 3.24. The first-order valence-electron chi connectivity index (χ1n) is 9.68. The molecule has 0 aliphatic carbocycles. The highest BCUT2D eigenvalue weighted by atomic mass is 15.2. The van der Waals surface area contributed by atoms with E-state index < -0.39 is 0 Å². The van der Waals surface area contributed by atoms with Crippen LogP contribution in [0.5, 0.6) is 0 Å². The summed E-state index contributed by atoms with van der Waals surface area (Å²) in [5.41, 5.74) is 8.08. The van der Waals surface area contributed by atoms with Crippen LogP contribution in [0.2, 0.25) is 0 Å². The number of pyridine rings is 1. The zero-order chi connectivity index (χ0) is 20.9. The average Bonchev–Trinajstić information content (AvgIpc) is 2.75. The molecule has 0 bridgehead atoms. The predicted octanol–water partition coefficient (Wildman–Crippen LogP) is 2.56. The molecule has 0 atom stereocenters. The molecule has 9 heteroatoms. The lowest BCUT2D eigenvalue weighted by Crippen LogP contribution is -2.44. The number of benzene rings is 1. The number of hydrogen-bond acceptors (Lipinski definition) is 9. The minimum Gasteiger partial charge on any atom is -0.384 e. The van der Waals surface area contributed by atoms with Crippen molar-refractivity contribution in [3.63, 3.8) is 0 Å². The van der Waals surface area contributed by atoms with E-state index in [1.165, 1.54) is 6.20 Å². The van der Waals surface area contributed by atoms with Gasteiger partial charge < -0.3 is 26.2 Å². The van der Waals surface area contributed by atoms with Crippen molar-refractivity contribution in [1.82, 2.24) is 19.9 Å². The number of hydrogen-bond donors (Lipinski definition) is 3. The largest absolute Gasteiger partial charge is 0.384 e. The Morgan fingerprint density at radius 3 is 2.60 bits per heavy atom. The van der Waals surface area contributed by atoms with Crippen molar-refractivity contribution >= 4 is 34.8 Å². The molecule has 1 aliphatic heterocycles. The van der Waals surface area contributed by atoms with Gasteiger partial charge in [0.25, 0.3) is 0 Å². The van der Waals surface area contributed by atoms with E-state index in [0.29, 0.717) is 29.0 Å². The maximum absolute atomic E-state index is 9.39. The molecule has 3 heterocycles. The Bertz CT molecular complexity index is 1070. The predicted molar refractivity (Wildman–Crippen MR) is 118 cm³/mol. The van der Waals surface area contributed by atoms with Gasteiger partial charge in [-0.1, -0.05) is 12.1 Å². The lowest BCUT2D eigenvalue weighted by molar-refractivity contribution is 0.313. The second kappa shape index (κ2) is 8.63. The third kappa shape index (κ3) is 4.56. The standard InChI is InChI=1S/C21H23N9/c1-29-8-10-30(11-9-29)17-5-2-4-16(12-17)25-21-24-14-15(13-22)20(28-21)27-19-7-3-6-18(23)26-19/h2-7,12,14H,8-11H2,1H3,(H4,23,24,25,26,27,28). The highest BCUT2D eigenvalue weighted by molar-refractivity contribution is 5.66. The summed E-state index contributed by atoms with van der Waals surface area (Å²) in [7, 11) is 2.14. The van der Waals surface area contributed by atoms with Crippen molar-refractivity contribution in [3.05, 3.63) is 54.2 Å². The maximum atomic E-state index is 9.39. The molecule has 4 rings (SSSR count). The van der Waals surface area contributed by atoms with E-state index in [4.69, 9.17) is 5.73 Å². The summed E-state index contributed by atoms with van der Waals surface area (Å²) in [6, 6.07) is 15.5. The van der Waals surface area contributed by atoms with E-state index in [9.17, 15) is 5.26 Å². The summed E-state index contributed by atoms with van der Waals surface area (Å²) >= 11 is 0. The zero-order valence-electron chi connectivity index (χ0n) is 16.7. The van der Waals surface area contributed by atoms with Crippen molar-refractivity contribution in [2.45, 2.75) is 0 Å². The van der Waals surface area contributed by atoms with Crippen molar-refractivity contribution in [2.24, 2.45) is 0 Å². The van der Waals surface area contributed by atoms with Crippen LogP contribution in [-0.2, 0) is 0 Å². The van der Waals surface area contributed by atoms with Crippen molar-refractivity contribution in [3.8, 4) is 6.07 Å². The first-order valence-corrected chi connectivity index (χ1v) is 9.68. The van der Waals surface area contributed by atoms with E-state index >= 15 is 0 Å². The van der Waals surface area contributed by atoms with E-state index in [1.54, 1.807) is 18.2 Å². The summed E-state index contributed by atoms with van der Waals surface area (Å²) in [4.78, 5) is 17.6. The van der Waals surface area contributed by atoms with Gasteiger partial charge in [0.15, 0.2) is 5.82 Å². The van der Waals surface area contributed by atoms with E-state index in [2.05, 4.69) is 60.6 Å². The highest BCUT2D eigenvalue weighted by Crippen LogP contribution is 2.24. The van der Waals surface area contributed by atoms with Crippen LogP contribution in [0, 0.1) is 11.3 Å². The van der Waals surface area contributed by atoms with Gasteiger partial charge in [0.2, 0.25) is 5.95 Å². The number of aromatic nitrogens is 3. The molecule has 0 spiro atoms. The molecule has 2 aromatic heterocycles.